The molecule has 0 bridgehead atoms. The van der Waals surface area contributed by atoms with Gasteiger partial charge in [0.05, 0.1) is 17.2 Å². The zero-order chi connectivity index (χ0) is 19.4. The van der Waals surface area contributed by atoms with Crippen LogP contribution < -0.4 is 4.72 Å². The number of rotatable bonds is 5. The third kappa shape index (κ3) is 5.03. The van der Waals surface area contributed by atoms with Crippen molar-refractivity contribution in [1.29, 1.82) is 5.26 Å². The lowest BCUT2D eigenvalue weighted by Gasteiger charge is -2.09. The fourth-order valence-electron chi connectivity index (χ4n) is 1.96. The van der Waals surface area contributed by atoms with E-state index in [9.17, 15) is 26.4 Å². The van der Waals surface area contributed by atoms with E-state index in [1.165, 1.54) is 0 Å². The highest BCUT2D eigenvalue weighted by Crippen LogP contribution is 2.28. The average molecular weight is 383 g/mol. The molecule has 0 spiro atoms. The number of nitrogens with zero attached hydrogens (tertiary/aromatic N) is 2. The van der Waals surface area contributed by atoms with Crippen molar-refractivity contribution in [2.75, 3.05) is 0 Å². The Labute approximate surface area is 147 Å². The summed E-state index contributed by atoms with van der Waals surface area (Å²) in [5.41, 5.74) is 0.0851. The largest absolute Gasteiger partial charge is 0.417 e. The molecule has 0 radical (unpaired) electrons. The molecule has 1 N–H and O–H groups in total. The van der Waals surface area contributed by atoms with Crippen LogP contribution in [0.4, 0.5) is 13.2 Å². The van der Waals surface area contributed by atoms with Gasteiger partial charge in [-0.25, -0.2) is 9.71 Å². The molecule has 0 saturated heterocycles. The van der Waals surface area contributed by atoms with Crippen LogP contribution in [0.3, 0.4) is 0 Å². The molecule has 1 amide bonds. The number of sulfonamides is 1. The molecule has 0 aliphatic rings. The van der Waals surface area contributed by atoms with E-state index < -0.39 is 32.7 Å². The van der Waals surface area contributed by atoms with Crippen molar-refractivity contribution < 1.29 is 26.4 Å². The molecule has 0 saturated carbocycles. The third-order valence-corrected chi connectivity index (χ3v) is 4.60. The number of alkyl halides is 3. The van der Waals surface area contributed by atoms with Gasteiger partial charge in [-0.2, -0.15) is 26.9 Å². The number of carbonyl (C=O) groups excluding carboxylic acids is 1. The van der Waals surface area contributed by atoms with Crippen LogP contribution in [0.5, 0.6) is 0 Å². The predicted molar refractivity (Wildman–Crippen MR) is 84.0 cm³/mol. The maximum Gasteiger partial charge on any atom is 0.417 e. The van der Waals surface area contributed by atoms with Crippen LogP contribution in [0.15, 0.2) is 47.6 Å². The minimum atomic E-state index is -4.64. The Bertz CT molecular complexity index is 932. The lowest BCUT2D eigenvalue weighted by molar-refractivity contribution is -0.137. The Hall–Kier alpha value is -2.93. The van der Waals surface area contributed by atoms with Gasteiger partial charge in [0, 0.05) is 12.6 Å². The number of carbonyl (C=O) groups is 1. The molecule has 2 rings (SSSR count). The number of hydrogen-bond donors (Lipinski definition) is 1. The van der Waals surface area contributed by atoms with Gasteiger partial charge in [-0.05, 0) is 36.2 Å². The summed E-state index contributed by atoms with van der Waals surface area (Å²) in [5, 5.41) is 8.01. The van der Waals surface area contributed by atoms with E-state index >= 15 is 0 Å². The predicted octanol–water partition coefficient (Wildman–Crippen LogP) is 2.41. The van der Waals surface area contributed by atoms with E-state index in [-0.39, 0.29) is 12.8 Å². The van der Waals surface area contributed by atoms with Crippen LogP contribution in [0.1, 0.15) is 23.1 Å². The Morgan fingerprint density at radius 3 is 2.31 bits per heavy atom. The SMILES string of the molecule is N#Cc1ccc(CCC(=O)NS(=O)(=O)c2ccc(C(F)(F)F)cn2)cc1. The van der Waals surface area contributed by atoms with Gasteiger partial charge in [0.2, 0.25) is 5.91 Å². The molecule has 26 heavy (non-hydrogen) atoms. The number of halogens is 3. The van der Waals surface area contributed by atoms with Crippen LogP contribution in [0, 0.1) is 11.3 Å². The first-order chi connectivity index (χ1) is 12.1. The normalized spacial score (nSPS) is 11.6. The second-order valence-corrected chi connectivity index (χ2v) is 6.85. The van der Waals surface area contributed by atoms with Crippen molar-refractivity contribution in [3.05, 3.63) is 59.3 Å². The summed E-state index contributed by atoms with van der Waals surface area (Å²) < 4.78 is 63.1. The lowest BCUT2D eigenvalue weighted by atomic mass is 10.1. The Kier molecular flexibility index (Phi) is 5.62. The van der Waals surface area contributed by atoms with Gasteiger partial charge in [0.25, 0.3) is 10.0 Å². The quantitative estimate of drug-likeness (QED) is 0.855. The van der Waals surface area contributed by atoms with Crippen molar-refractivity contribution in [3.63, 3.8) is 0 Å². The molecule has 0 unspecified atom stereocenters. The Morgan fingerprint density at radius 2 is 1.81 bits per heavy atom. The molecule has 0 atom stereocenters. The molecule has 2 aromatic rings. The maximum absolute atomic E-state index is 12.5. The zero-order valence-corrected chi connectivity index (χ0v) is 13.9. The zero-order valence-electron chi connectivity index (χ0n) is 13.1. The second-order valence-electron chi connectivity index (χ2n) is 5.22. The fraction of sp³-hybridized carbons (Fsp3) is 0.188. The molecule has 1 aromatic heterocycles. The first kappa shape index (κ1) is 19.4. The molecule has 10 heteroatoms. The average Bonchev–Trinajstić information content (AvgIpc) is 2.59. The van der Waals surface area contributed by atoms with Crippen LogP contribution in [-0.4, -0.2) is 19.3 Å². The van der Waals surface area contributed by atoms with Crippen molar-refractivity contribution in [2.45, 2.75) is 24.0 Å². The number of aromatic nitrogens is 1. The smallest absolute Gasteiger partial charge is 0.274 e. The minimum Gasteiger partial charge on any atom is -0.274 e. The van der Waals surface area contributed by atoms with Crippen LogP contribution in [-0.2, 0) is 27.4 Å². The second kappa shape index (κ2) is 7.53. The van der Waals surface area contributed by atoms with Gasteiger partial charge in [-0.15, -0.1) is 0 Å². The number of pyridine rings is 1. The van der Waals surface area contributed by atoms with Crippen molar-refractivity contribution >= 4 is 15.9 Å². The Balaban J connectivity index is 1.99. The highest BCUT2D eigenvalue weighted by molar-refractivity contribution is 7.90. The summed E-state index contributed by atoms with van der Waals surface area (Å²) in [5.74, 6) is -0.823. The number of nitriles is 1. The molecule has 0 aliphatic heterocycles. The molecule has 136 valence electrons. The summed E-state index contributed by atoms with van der Waals surface area (Å²) in [6.45, 7) is 0. The number of nitrogens with one attached hydrogen (secondary N) is 1. The van der Waals surface area contributed by atoms with E-state index in [1.807, 2.05) is 6.07 Å². The van der Waals surface area contributed by atoms with E-state index in [1.54, 1.807) is 29.0 Å². The number of hydrogen-bond acceptors (Lipinski definition) is 5. The molecule has 6 nitrogen and oxygen atoms in total. The standard InChI is InChI=1S/C16H12F3N3O3S/c17-16(18,19)13-6-8-15(21-10-13)26(24,25)22-14(23)7-5-11-1-3-12(9-20)4-2-11/h1-4,6,8,10H,5,7H2,(H,22,23). The van der Waals surface area contributed by atoms with Gasteiger partial charge in [-0.3, -0.25) is 4.79 Å². The van der Waals surface area contributed by atoms with Gasteiger partial charge < -0.3 is 0 Å². The molecule has 0 aliphatic carbocycles. The molecule has 1 aromatic carbocycles. The van der Waals surface area contributed by atoms with Gasteiger partial charge in [0.15, 0.2) is 5.03 Å². The molecular weight excluding hydrogens is 371 g/mol. The van der Waals surface area contributed by atoms with Crippen molar-refractivity contribution in [3.8, 4) is 6.07 Å². The minimum absolute atomic E-state index is 0.161. The highest BCUT2D eigenvalue weighted by atomic mass is 32.2. The van der Waals surface area contributed by atoms with Crippen LogP contribution >= 0.6 is 0 Å². The lowest BCUT2D eigenvalue weighted by Crippen LogP contribution is -2.31. The van der Waals surface area contributed by atoms with Crippen molar-refractivity contribution in [2.24, 2.45) is 0 Å². The highest BCUT2D eigenvalue weighted by Gasteiger charge is 2.31. The van der Waals surface area contributed by atoms with Crippen LogP contribution in [0.2, 0.25) is 0 Å². The van der Waals surface area contributed by atoms with E-state index in [4.69, 9.17) is 5.26 Å². The first-order valence-corrected chi connectivity index (χ1v) is 8.68. The van der Waals surface area contributed by atoms with E-state index in [0.717, 1.165) is 5.56 Å². The number of benzene rings is 1. The monoisotopic (exact) mass is 383 g/mol. The van der Waals surface area contributed by atoms with E-state index in [0.29, 0.717) is 23.9 Å². The molecule has 0 fully saturated rings. The van der Waals surface area contributed by atoms with Gasteiger partial charge in [-0.1, -0.05) is 12.1 Å². The first-order valence-electron chi connectivity index (χ1n) is 7.20. The summed E-state index contributed by atoms with van der Waals surface area (Å²) in [6.07, 6.45) is -4.19. The summed E-state index contributed by atoms with van der Waals surface area (Å²) in [4.78, 5) is 15.1. The Morgan fingerprint density at radius 1 is 1.15 bits per heavy atom. The topological polar surface area (TPSA) is 99.9 Å². The molecular formula is C16H12F3N3O3S. The maximum atomic E-state index is 12.5. The summed E-state index contributed by atoms with van der Waals surface area (Å²) >= 11 is 0. The summed E-state index contributed by atoms with van der Waals surface area (Å²) in [6, 6.07) is 9.60. The van der Waals surface area contributed by atoms with Crippen molar-refractivity contribution in [1.82, 2.24) is 9.71 Å². The number of aryl methyl sites for hydroxylation is 1. The number of amides is 1. The molecule has 1 heterocycles. The van der Waals surface area contributed by atoms with Crippen LogP contribution in [0.25, 0.3) is 0 Å². The summed E-state index contributed by atoms with van der Waals surface area (Å²) in [7, 11) is -4.36. The van der Waals surface area contributed by atoms with Gasteiger partial charge in [0.1, 0.15) is 0 Å². The fourth-order valence-corrected chi connectivity index (χ4v) is 2.91. The van der Waals surface area contributed by atoms with Gasteiger partial charge >= 0.3 is 6.18 Å². The third-order valence-electron chi connectivity index (χ3n) is 3.31. The van der Waals surface area contributed by atoms with E-state index in [2.05, 4.69) is 4.98 Å².